The number of hydrogen-bond donors (Lipinski definition) is 1. The van der Waals surface area contributed by atoms with Crippen LogP contribution in [-0.4, -0.2) is 28.8 Å². The van der Waals surface area contributed by atoms with Crippen molar-refractivity contribution in [3.05, 3.63) is 32.0 Å². The van der Waals surface area contributed by atoms with E-state index in [9.17, 15) is 9.59 Å². The molecule has 2 aromatic rings. The third kappa shape index (κ3) is 3.86. The van der Waals surface area contributed by atoms with Gasteiger partial charge in [-0.3, -0.25) is 9.48 Å². The molecule has 0 bridgehead atoms. The molecule has 2 heterocycles. The number of thiophene rings is 1. The number of ether oxygens (including phenoxy) is 1. The monoisotopic (exact) mass is 433 g/mol. The van der Waals surface area contributed by atoms with Gasteiger partial charge in [0.1, 0.15) is 5.00 Å². The summed E-state index contributed by atoms with van der Waals surface area (Å²) in [7, 11) is 1.32. The van der Waals surface area contributed by atoms with Crippen LogP contribution in [0.2, 0.25) is 0 Å². The van der Waals surface area contributed by atoms with Crippen molar-refractivity contribution in [3.63, 3.8) is 0 Å². The Morgan fingerprint density at radius 3 is 2.77 bits per heavy atom. The Balaban J connectivity index is 2.00. The molecular formula is C14H16IN3O3S. The van der Waals surface area contributed by atoms with Gasteiger partial charge in [0.2, 0.25) is 5.91 Å². The van der Waals surface area contributed by atoms with Crippen LogP contribution in [0.25, 0.3) is 0 Å². The van der Waals surface area contributed by atoms with Gasteiger partial charge >= 0.3 is 5.97 Å². The smallest absolute Gasteiger partial charge is 0.340 e. The van der Waals surface area contributed by atoms with E-state index in [0.717, 1.165) is 14.1 Å². The third-order valence-electron chi connectivity index (χ3n) is 3.11. The van der Waals surface area contributed by atoms with Gasteiger partial charge in [0.15, 0.2) is 0 Å². The van der Waals surface area contributed by atoms with Gasteiger partial charge in [-0.25, -0.2) is 4.79 Å². The fraction of sp³-hybridized carbons (Fsp3) is 0.357. The first-order valence-electron chi connectivity index (χ1n) is 6.59. The van der Waals surface area contributed by atoms with Crippen LogP contribution in [0, 0.1) is 17.4 Å². The molecule has 0 spiro atoms. The fourth-order valence-electron chi connectivity index (χ4n) is 1.91. The molecule has 0 saturated carbocycles. The standard InChI is InChI=1S/C14H16IN3O3S/c1-8-6-10(14(20)21-3)13(22-8)17-12(19)4-5-18-9(2)11(15)7-16-18/h6-7H,4-5H2,1-3H3,(H,17,19). The van der Waals surface area contributed by atoms with Crippen LogP contribution in [0.15, 0.2) is 12.3 Å². The molecule has 0 aliphatic rings. The zero-order valence-electron chi connectivity index (χ0n) is 12.5. The summed E-state index contributed by atoms with van der Waals surface area (Å²) in [5.74, 6) is -0.603. The first-order chi connectivity index (χ1) is 10.4. The summed E-state index contributed by atoms with van der Waals surface area (Å²) in [6, 6.07) is 1.71. The van der Waals surface area contributed by atoms with Crippen molar-refractivity contribution in [2.75, 3.05) is 12.4 Å². The Morgan fingerprint density at radius 1 is 1.45 bits per heavy atom. The minimum absolute atomic E-state index is 0.156. The lowest BCUT2D eigenvalue weighted by atomic mass is 10.3. The van der Waals surface area contributed by atoms with Crippen molar-refractivity contribution in [1.29, 1.82) is 0 Å². The van der Waals surface area contributed by atoms with E-state index in [-0.39, 0.29) is 12.3 Å². The lowest BCUT2D eigenvalue weighted by Crippen LogP contribution is -2.16. The summed E-state index contributed by atoms with van der Waals surface area (Å²) in [6.45, 7) is 4.34. The maximum absolute atomic E-state index is 12.1. The lowest BCUT2D eigenvalue weighted by Gasteiger charge is -2.06. The maximum atomic E-state index is 12.1. The normalized spacial score (nSPS) is 10.5. The average Bonchev–Trinajstić information content (AvgIpc) is 3.00. The number of methoxy groups -OCH3 is 1. The molecule has 0 saturated heterocycles. The molecular weight excluding hydrogens is 417 g/mol. The summed E-state index contributed by atoms with van der Waals surface area (Å²) < 4.78 is 7.58. The summed E-state index contributed by atoms with van der Waals surface area (Å²) >= 11 is 3.56. The van der Waals surface area contributed by atoms with Crippen LogP contribution in [0.1, 0.15) is 27.3 Å². The van der Waals surface area contributed by atoms with Gasteiger partial charge in [0, 0.05) is 17.0 Å². The molecule has 0 aliphatic heterocycles. The van der Waals surface area contributed by atoms with Crippen LogP contribution in [0.3, 0.4) is 0 Å². The zero-order valence-corrected chi connectivity index (χ0v) is 15.4. The number of esters is 1. The summed E-state index contributed by atoms with van der Waals surface area (Å²) in [5.41, 5.74) is 1.43. The van der Waals surface area contributed by atoms with E-state index in [1.165, 1.54) is 18.4 Å². The Labute approximate surface area is 146 Å². The SMILES string of the molecule is COC(=O)c1cc(C)sc1NC(=O)CCn1ncc(I)c1C. The quantitative estimate of drug-likeness (QED) is 0.582. The first-order valence-corrected chi connectivity index (χ1v) is 8.48. The highest BCUT2D eigenvalue weighted by Gasteiger charge is 2.17. The number of halogens is 1. The van der Waals surface area contributed by atoms with Gasteiger partial charge in [-0.15, -0.1) is 11.3 Å². The second-order valence-corrected chi connectivity index (χ2v) is 7.11. The van der Waals surface area contributed by atoms with Crippen molar-refractivity contribution in [1.82, 2.24) is 9.78 Å². The van der Waals surface area contributed by atoms with Crippen molar-refractivity contribution in [2.24, 2.45) is 0 Å². The van der Waals surface area contributed by atoms with E-state index in [2.05, 4.69) is 33.0 Å². The van der Waals surface area contributed by atoms with Gasteiger partial charge in [0.05, 0.1) is 29.0 Å². The average molecular weight is 433 g/mol. The molecule has 1 N–H and O–H groups in total. The van der Waals surface area contributed by atoms with Crippen LogP contribution < -0.4 is 5.32 Å². The highest BCUT2D eigenvalue weighted by Crippen LogP contribution is 2.28. The lowest BCUT2D eigenvalue weighted by molar-refractivity contribution is -0.116. The molecule has 0 fully saturated rings. The van der Waals surface area contributed by atoms with E-state index in [1.54, 1.807) is 16.9 Å². The Bertz CT molecular complexity index is 708. The number of rotatable bonds is 5. The molecule has 2 rings (SSSR count). The maximum Gasteiger partial charge on any atom is 0.340 e. The molecule has 0 atom stereocenters. The van der Waals surface area contributed by atoms with E-state index in [1.807, 2.05) is 13.8 Å². The van der Waals surface area contributed by atoms with Gasteiger partial charge in [-0.1, -0.05) is 0 Å². The van der Waals surface area contributed by atoms with E-state index in [4.69, 9.17) is 4.74 Å². The number of aryl methyl sites for hydroxylation is 2. The van der Waals surface area contributed by atoms with Gasteiger partial charge in [-0.05, 0) is 42.5 Å². The molecule has 2 aromatic heterocycles. The third-order valence-corrected chi connectivity index (χ3v) is 5.13. The number of hydrogen-bond acceptors (Lipinski definition) is 5. The molecule has 0 aromatic carbocycles. The van der Waals surface area contributed by atoms with E-state index in [0.29, 0.717) is 17.1 Å². The second-order valence-electron chi connectivity index (χ2n) is 4.69. The highest BCUT2D eigenvalue weighted by atomic mass is 127. The summed E-state index contributed by atoms with van der Waals surface area (Å²) in [5, 5.41) is 7.52. The predicted octanol–water partition coefficient (Wildman–Crippen LogP) is 2.98. The molecule has 8 heteroatoms. The van der Waals surface area contributed by atoms with Crippen molar-refractivity contribution in [2.45, 2.75) is 26.8 Å². The van der Waals surface area contributed by atoms with Gasteiger partial charge < -0.3 is 10.1 Å². The van der Waals surface area contributed by atoms with Crippen molar-refractivity contribution in [3.8, 4) is 0 Å². The Hall–Kier alpha value is -1.42. The Morgan fingerprint density at radius 2 is 2.18 bits per heavy atom. The number of carbonyl (C=O) groups is 2. The minimum Gasteiger partial charge on any atom is -0.465 e. The molecule has 6 nitrogen and oxygen atoms in total. The van der Waals surface area contributed by atoms with Crippen LogP contribution in [0.4, 0.5) is 5.00 Å². The molecule has 0 aliphatic carbocycles. The van der Waals surface area contributed by atoms with Crippen molar-refractivity contribution < 1.29 is 14.3 Å². The molecule has 0 unspecified atom stereocenters. The molecule has 0 radical (unpaired) electrons. The van der Waals surface area contributed by atoms with Gasteiger partial charge in [0.25, 0.3) is 0 Å². The topological polar surface area (TPSA) is 73.2 Å². The number of nitrogens with one attached hydrogen (secondary N) is 1. The Kier molecular flexibility index (Phi) is 5.57. The summed E-state index contributed by atoms with van der Waals surface area (Å²) in [4.78, 5) is 24.7. The number of nitrogens with zero attached hydrogens (tertiary/aromatic N) is 2. The molecule has 1 amide bonds. The number of anilines is 1. The predicted molar refractivity (Wildman–Crippen MR) is 93.3 cm³/mol. The van der Waals surface area contributed by atoms with E-state index >= 15 is 0 Å². The number of carbonyl (C=O) groups excluding carboxylic acids is 2. The molecule has 22 heavy (non-hydrogen) atoms. The second kappa shape index (κ2) is 7.23. The van der Waals surface area contributed by atoms with Crippen LogP contribution in [-0.2, 0) is 16.1 Å². The first kappa shape index (κ1) is 16.9. The molecule has 118 valence electrons. The summed E-state index contributed by atoms with van der Waals surface area (Å²) in [6.07, 6.45) is 2.06. The fourth-order valence-corrected chi connectivity index (χ4v) is 3.23. The largest absolute Gasteiger partial charge is 0.465 e. The van der Waals surface area contributed by atoms with Crippen LogP contribution in [0.5, 0.6) is 0 Å². The zero-order chi connectivity index (χ0) is 16.3. The van der Waals surface area contributed by atoms with E-state index < -0.39 is 5.97 Å². The number of amides is 1. The van der Waals surface area contributed by atoms with Crippen LogP contribution >= 0.6 is 33.9 Å². The minimum atomic E-state index is -0.447. The highest BCUT2D eigenvalue weighted by molar-refractivity contribution is 14.1. The van der Waals surface area contributed by atoms with Crippen molar-refractivity contribution >= 4 is 50.8 Å². The number of aromatic nitrogens is 2. The van der Waals surface area contributed by atoms with Gasteiger partial charge in [-0.2, -0.15) is 5.10 Å².